The molecule has 2 aliphatic rings. The normalized spacial score (nSPS) is 22.3. The van der Waals surface area contributed by atoms with Crippen LogP contribution in [0.15, 0.2) is 18.2 Å². The summed E-state index contributed by atoms with van der Waals surface area (Å²) in [6.45, 7) is 0.440. The smallest absolute Gasteiger partial charge is 0.261 e. The number of nitrogens with zero attached hydrogens (tertiary/aromatic N) is 2. The highest BCUT2D eigenvalue weighted by molar-refractivity contribution is 6.21. The van der Waals surface area contributed by atoms with Crippen molar-refractivity contribution in [2.45, 2.75) is 6.04 Å². The Morgan fingerprint density at radius 3 is 2.44 bits per heavy atom. The first-order valence-electron chi connectivity index (χ1n) is 5.54. The van der Waals surface area contributed by atoms with Crippen LogP contribution in [0.2, 0.25) is 0 Å². The van der Waals surface area contributed by atoms with Crippen LogP contribution >= 0.6 is 0 Å². The van der Waals surface area contributed by atoms with Crippen molar-refractivity contribution in [3.05, 3.63) is 29.3 Å². The molecule has 18 heavy (non-hydrogen) atoms. The summed E-state index contributed by atoms with van der Waals surface area (Å²) in [7, 11) is 1.44. The van der Waals surface area contributed by atoms with Gasteiger partial charge in [-0.1, -0.05) is 0 Å². The van der Waals surface area contributed by atoms with Gasteiger partial charge in [0.15, 0.2) is 0 Å². The number of hydrogen-bond donors (Lipinski definition) is 1. The summed E-state index contributed by atoms with van der Waals surface area (Å²) in [5.41, 5.74) is 6.84. The molecule has 1 unspecified atom stereocenters. The van der Waals surface area contributed by atoms with Gasteiger partial charge in [0, 0.05) is 12.7 Å². The number of hydrogen-bond acceptors (Lipinski definition) is 4. The number of rotatable bonds is 1. The molecule has 1 aromatic rings. The lowest BCUT2D eigenvalue weighted by atomic mass is 10.0. The Morgan fingerprint density at radius 2 is 1.83 bits per heavy atom. The zero-order valence-corrected chi connectivity index (χ0v) is 9.71. The molecule has 0 aromatic heterocycles. The van der Waals surface area contributed by atoms with E-state index in [4.69, 9.17) is 5.73 Å². The average Bonchev–Trinajstić information content (AvgIpc) is 2.60. The number of nitrogens with two attached hydrogens (primary N) is 1. The van der Waals surface area contributed by atoms with Crippen LogP contribution in [0.25, 0.3) is 0 Å². The van der Waals surface area contributed by atoms with Crippen molar-refractivity contribution < 1.29 is 14.4 Å². The van der Waals surface area contributed by atoms with E-state index in [9.17, 15) is 14.4 Å². The molecule has 1 fully saturated rings. The molecule has 6 heteroatoms. The molecule has 3 amide bonds. The molecule has 2 N–H and O–H groups in total. The molecule has 1 aromatic carbocycles. The van der Waals surface area contributed by atoms with Crippen LogP contribution in [-0.4, -0.2) is 42.3 Å². The number of fused-ring (bicyclic) bond motifs is 1. The number of β-lactam (4-membered cyclic amide) rings is 1. The molecule has 0 radical (unpaired) electrons. The van der Waals surface area contributed by atoms with Crippen LogP contribution < -0.4 is 10.6 Å². The maximum Gasteiger partial charge on any atom is 0.261 e. The van der Waals surface area contributed by atoms with E-state index in [-0.39, 0.29) is 17.7 Å². The molecular formula is C12H11N3O3. The summed E-state index contributed by atoms with van der Waals surface area (Å²) < 4.78 is 0. The molecule has 0 bridgehead atoms. The van der Waals surface area contributed by atoms with Crippen molar-refractivity contribution in [2.75, 3.05) is 18.5 Å². The minimum absolute atomic E-state index is 0.167. The lowest BCUT2D eigenvalue weighted by Crippen LogP contribution is -2.61. The highest BCUT2D eigenvalue weighted by Gasteiger charge is 2.37. The van der Waals surface area contributed by atoms with Crippen molar-refractivity contribution in [1.82, 2.24) is 4.90 Å². The van der Waals surface area contributed by atoms with Crippen molar-refractivity contribution in [3.63, 3.8) is 0 Å². The van der Waals surface area contributed by atoms with Crippen LogP contribution in [0.5, 0.6) is 0 Å². The predicted octanol–water partition coefficient (Wildman–Crippen LogP) is -0.414. The molecule has 1 atom stereocenters. The largest absolute Gasteiger partial charge is 0.318 e. The Kier molecular flexibility index (Phi) is 2.06. The minimum Gasteiger partial charge on any atom is -0.318 e. The zero-order chi connectivity index (χ0) is 13.0. The Morgan fingerprint density at radius 1 is 1.17 bits per heavy atom. The fourth-order valence-corrected chi connectivity index (χ4v) is 2.20. The van der Waals surface area contributed by atoms with E-state index >= 15 is 0 Å². The van der Waals surface area contributed by atoms with Gasteiger partial charge in [0.05, 0.1) is 17.7 Å². The SMILES string of the molecule is CN1C(=O)c2ccc(N3CC(N)C3=O)cc2C1=O. The van der Waals surface area contributed by atoms with Gasteiger partial charge in [-0.2, -0.15) is 0 Å². The monoisotopic (exact) mass is 245 g/mol. The maximum absolute atomic E-state index is 11.8. The highest BCUT2D eigenvalue weighted by Crippen LogP contribution is 2.28. The molecule has 1 saturated heterocycles. The molecule has 3 rings (SSSR count). The van der Waals surface area contributed by atoms with Gasteiger partial charge >= 0.3 is 0 Å². The number of anilines is 1. The average molecular weight is 245 g/mol. The molecular weight excluding hydrogens is 234 g/mol. The van der Waals surface area contributed by atoms with Gasteiger partial charge in [-0.15, -0.1) is 0 Å². The topological polar surface area (TPSA) is 83.7 Å². The van der Waals surface area contributed by atoms with Crippen LogP contribution in [0, 0.1) is 0 Å². The minimum atomic E-state index is -0.460. The van der Waals surface area contributed by atoms with E-state index < -0.39 is 6.04 Å². The number of benzene rings is 1. The van der Waals surface area contributed by atoms with Crippen LogP contribution in [-0.2, 0) is 4.79 Å². The second-order valence-corrected chi connectivity index (χ2v) is 4.45. The van der Waals surface area contributed by atoms with Crippen molar-refractivity contribution in [1.29, 1.82) is 0 Å². The van der Waals surface area contributed by atoms with Gasteiger partial charge in [0.25, 0.3) is 11.8 Å². The fourth-order valence-electron chi connectivity index (χ4n) is 2.20. The van der Waals surface area contributed by atoms with Gasteiger partial charge < -0.3 is 10.6 Å². The van der Waals surface area contributed by atoms with E-state index in [0.29, 0.717) is 23.4 Å². The Bertz CT molecular complexity index is 596. The van der Waals surface area contributed by atoms with Crippen molar-refractivity contribution in [2.24, 2.45) is 5.73 Å². The number of carbonyl (C=O) groups is 3. The summed E-state index contributed by atoms with van der Waals surface area (Å²) >= 11 is 0. The van der Waals surface area contributed by atoms with Gasteiger partial charge in [-0.05, 0) is 18.2 Å². The third-order valence-corrected chi connectivity index (χ3v) is 3.35. The van der Waals surface area contributed by atoms with E-state index in [1.54, 1.807) is 18.2 Å². The molecule has 2 aliphatic heterocycles. The lowest BCUT2D eigenvalue weighted by Gasteiger charge is -2.36. The van der Waals surface area contributed by atoms with Crippen molar-refractivity contribution in [3.8, 4) is 0 Å². The number of carbonyl (C=O) groups excluding carboxylic acids is 3. The third kappa shape index (κ3) is 1.23. The van der Waals surface area contributed by atoms with Gasteiger partial charge in [0.1, 0.15) is 6.04 Å². The predicted molar refractivity (Wildman–Crippen MR) is 63.2 cm³/mol. The number of imide groups is 1. The maximum atomic E-state index is 11.8. The van der Waals surface area contributed by atoms with Crippen LogP contribution in [0.3, 0.4) is 0 Å². The standard InChI is InChI=1S/C12H11N3O3/c1-14-10(16)7-3-2-6(4-8(7)11(14)17)15-5-9(13)12(15)18/h2-4,9H,5,13H2,1H3. The second-order valence-electron chi connectivity index (χ2n) is 4.45. The Hall–Kier alpha value is -2.21. The summed E-state index contributed by atoms with van der Waals surface area (Å²) in [6, 6.07) is 4.35. The van der Waals surface area contributed by atoms with Crippen LogP contribution in [0.4, 0.5) is 5.69 Å². The van der Waals surface area contributed by atoms with Crippen molar-refractivity contribution >= 4 is 23.4 Å². The van der Waals surface area contributed by atoms with E-state index in [0.717, 1.165) is 4.90 Å². The Labute approximate surface area is 103 Å². The first-order chi connectivity index (χ1) is 8.50. The Balaban J connectivity index is 2.01. The molecule has 92 valence electrons. The van der Waals surface area contributed by atoms with E-state index in [2.05, 4.69) is 0 Å². The summed E-state index contributed by atoms with van der Waals surface area (Å²) in [6.07, 6.45) is 0. The number of amides is 3. The molecule has 0 aliphatic carbocycles. The third-order valence-electron chi connectivity index (χ3n) is 3.35. The second kappa shape index (κ2) is 3.39. The van der Waals surface area contributed by atoms with Gasteiger partial charge in [-0.3, -0.25) is 19.3 Å². The summed E-state index contributed by atoms with van der Waals surface area (Å²) in [5, 5.41) is 0. The van der Waals surface area contributed by atoms with Gasteiger partial charge in [-0.25, -0.2) is 0 Å². The fraction of sp³-hybridized carbons (Fsp3) is 0.250. The van der Waals surface area contributed by atoms with E-state index in [1.807, 2.05) is 0 Å². The first-order valence-corrected chi connectivity index (χ1v) is 5.54. The molecule has 0 spiro atoms. The summed E-state index contributed by atoms with van der Waals surface area (Å²) in [4.78, 5) is 37.6. The first kappa shape index (κ1) is 10.9. The quantitative estimate of drug-likeness (QED) is 0.538. The summed E-state index contributed by atoms with van der Waals surface area (Å²) in [5.74, 6) is -0.817. The lowest BCUT2D eigenvalue weighted by molar-refractivity contribution is -0.123. The van der Waals surface area contributed by atoms with E-state index in [1.165, 1.54) is 11.9 Å². The molecule has 6 nitrogen and oxygen atoms in total. The molecule has 2 heterocycles. The highest BCUT2D eigenvalue weighted by atomic mass is 16.2. The van der Waals surface area contributed by atoms with Crippen LogP contribution in [0.1, 0.15) is 20.7 Å². The van der Waals surface area contributed by atoms with Gasteiger partial charge in [0.2, 0.25) is 5.91 Å². The zero-order valence-electron chi connectivity index (χ0n) is 9.71. The molecule has 0 saturated carbocycles.